The minimum absolute atomic E-state index is 0.0236. The predicted molar refractivity (Wildman–Crippen MR) is 229 cm³/mol. The van der Waals surface area contributed by atoms with Crippen molar-refractivity contribution in [3.8, 4) is 0 Å². The van der Waals surface area contributed by atoms with E-state index in [2.05, 4.69) is 192 Å². The Balaban J connectivity index is 1.51. The molecule has 0 saturated carbocycles. The van der Waals surface area contributed by atoms with Gasteiger partial charge in [0.2, 0.25) is 0 Å². The van der Waals surface area contributed by atoms with E-state index in [-0.39, 0.29) is 11.1 Å². The monoisotopic (exact) mass is 741 g/mol. The van der Waals surface area contributed by atoms with E-state index in [0.717, 1.165) is 19.0 Å². The Bertz CT molecular complexity index is 1790. The Labute approximate surface area is 320 Å². The molecule has 5 aromatic rings. The van der Waals surface area contributed by atoms with Crippen LogP contribution in [0.4, 0.5) is 0 Å². The summed E-state index contributed by atoms with van der Waals surface area (Å²) in [7, 11) is -4.26. The lowest BCUT2D eigenvalue weighted by atomic mass is 9.69. The largest absolute Gasteiger partial charge is 0.416 e. The van der Waals surface area contributed by atoms with Gasteiger partial charge in [-0.05, 0) is 89.6 Å². The second kappa shape index (κ2) is 17.2. The number of allylic oxidation sites excluding steroid dienone is 1. The van der Waals surface area contributed by atoms with E-state index in [1.807, 2.05) is 0 Å². The van der Waals surface area contributed by atoms with E-state index < -0.39 is 21.0 Å². The highest BCUT2D eigenvalue weighted by atomic mass is 31.2. The molecular formula is C48H58O3PSi+. The van der Waals surface area contributed by atoms with Gasteiger partial charge in [-0.15, -0.1) is 0 Å². The molecule has 5 heteroatoms. The lowest BCUT2D eigenvalue weighted by Crippen LogP contribution is -2.50. The Morgan fingerprint density at radius 2 is 1.06 bits per heavy atom. The molecule has 0 aliphatic heterocycles. The molecule has 1 aliphatic carbocycles. The van der Waals surface area contributed by atoms with Gasteiger partial charge in [-0.3, -0.25) is 0 Å². The normalized spacial score (nSPS) is 18.3. The maximum atomic E-state index is 7.22. The van der Waals surface area contributed by atoms with Gasteiger partial charge in [-0.2, -0.15) is 0 Å². The van der Waals surface area contributed by atoms with Crippen molar-refractivity contribution >= 4 is 31.5 Å². The first-order valence-electron chi connectivity index (χ1n) is 19.2. The van der Waals surface area contributed by atoms with Crippen molar-refractivity contribution < 1.29 is 13.9 Å². The summed E-state index contributed by atoms with van der Waals surface area (Å²) in [6, 6.07) is 54.9. The van der Waals surface area contributed by atoms with Gasteiger partial charge in [0.05, 0.1) is 32.1 Å². The summed E-state index contributed by atoms with van der Waals surface area (Å²) in [6.45, 7) is 16.4. The van der Waals surface area contributed by atoms with Crippen LogP contribution in [-0.2, 0) is 27.1 Å². The van der Waals surface area contributed by atoms with Crippen molar-refractivity contribution in [1.29, 1.82) is 0 Å². The molecule has 0 N–H and O–H groups in total. The number of ether oxygens (including phenoxy) is 2. The summed E-state index contributed by atoms with van der Waals surface area (Å²) in [5.41, 5.74) is 4.82. The average molecular weight is 742 g/mol. The fourth-order valence-corrected chi connectivity index (χ4v) is 13.0. The lowest BCUT2D eigenvalue weighted by Gasteiger charge is -2.47. The van der Waals surface area contributed by atoms with Crippen LogP contribution in [-0.4, -0.2) is 33.8 Å². The van der Waals surface area contributed by atoms with Gasteiger partial charge < -0.3 is 13.9 Å². The van der Waals surface area contributed by atoms with Gasteiger partial charge in [0.15, 0.2) is 8.32 Å². The first-order valence-corrected chi connectivity index (χ1v) is 24.1. The van der Waals surface area contributed by atoms with E-state index in [0.29, 0.717) is 26.4 Å². The quantitative estimate of drug-likeness (QED) is 0.0607. The van der Waals surface area contributed by atoms with E-state index in [1.54, 1.807) is 0 Å². The van der Waals surface area contributed by atoms with E-state index in [1.165, 1.54) is 38.2 Å². The van der Waals surface area contributed by atoms with Crippen molar-refractivity contribution in [2.24, 2.45) is 5.41 Å². The van der Waals surface area contributed by atoms with Crippen LogP contribution in [0.5, 0.6) is 0 Å². The number of benzene rings is 5. The molecule has 1 aliphatic rings. The molecule has 0 heterocycles. The van der Waals surface area contributed by atoms with Crippen LogP contribution >= 0.6 is 7.26 Å². The van der Waals surface area contributed by atoms with Gasteiger partial charge in [0.25, 0.3) is 0 Å². The highest BCUT2D eigenvalue weighted by Crippen LogP contribution is 2.59. The van der Waals surface area contributed by atoms with Crippen LogP contribution in [0.25, 0.3) is 0 Å². The second-order valence-electron chi connectivity index (χ2n) is 16.3. The van der Waals surface area contributed by atoms with Crippen molar-refractivity contribution in [2.45, 2.75) is 78.0 Å². The molecule has 0 amide bonds. The highest BCUT2D eigenvalue weighted by molar-refractivity contribution is 7.95. The summed E-state index contributed by atoms with van der Waals surface area (Å²) < 4.78 is 21.0. The maximum Gasteiger partial charge on any atom is 0.192 e. The van der Waals surface area contributed by atoms with Crippen LogP contribution < -0.4 is 15.9 Å². The molecule has 0 spiro atoms. The SMILES string of the molecule is CC(C)(C)[Si](C)(C)OC[C@@]1(C)C(COCc2ccccc2)=C(C[P+](c2ccccc2)(c2ccccc2)c2ccccc2)CC[C@@H]1OCc1ccccc1. The Morgan fingerprint density at radius 1 is 0.623 bits per heavy atom. The Morgan fingerprint density at radius 3 is 1.51 bits per heavy atom. The smallest absolute Gasteiger partial charge is 0.192 e. The molecule has 0 bridgehead atoms. The summed E-state index contributed by atoms with van der Waals surface area (Å²) in [6.07, 6.45) is 2.80. The number of hydrogen-bond acceptors (Lipinski definition) is 3. The third-order valence-electron chi connectivity index (χ3n) is 11.7. The average Bonchev–Trinajstić information content (AvgIpc) is 3.18. The Hall–Kier alpha value is -3.63. The van der Waals surface area contributed by atoms with E-state index >= 15 is 0 Å². The molecule has 0 radical (unpaired) electrons. The molecule has 5 aromatic carbocycles. The van der Waals surface area contributed by atoms with E-state index in [9.17, 15) is 0 Å². The van der Waals surface area contributed by atoms with Crippen LogP contribution in [0.3, 0.4) is 0 Å². The summed E-state index contributed by atoms with van der Waals surface area (Å²) in [4.78, 5) is 0. The molecule has 53 heavy (non-hydrogen) atoms. The zero-order valence-electron chi connectivity index (χ0n) is 32.6. The molecule has 0 aromatic heterocycles. The summed E-state index contributed by atoms with van der Waals surface area (Å²) >= 11 is 0. The predicted octanol–water partition coefficient (Wildman–Crippen LogP) is 10.9. The lowest BCUT2D eigenvalue weighted by molar-refractivity contribution is -0.0622. The maximum absolute atomic E-state index is 7.22. The third kappa shape index (κ3) is 9.02. The fourth-order valence-electron chi connectivity index (χ4n) is 7.48. The first kappa shape index (κ1) is 39.1. The molecule has 6 rings (SSSR count). The molecule has 276 valence electrons. The van der Waals surface area contributed by atoms with Crippen molar-refractivity contribution in [1.82, 2.24) is 0 Å². The number of hydrogen-bond donors (Lipinski definition) is 0. The van der Waals surface area contributed by atoms with Gasteiger partial charge >= 0.3 is 0 Å². The van der Waals surface area contributed by atoms with E-state index in [4.69, 9.17) is 13.9 Å². The van der Waals surface area contributed by atoms with Crippen molar-refractivity contribution in [2.75, 3.05) is 19.4 Å². The molecular weight excluding hydrogens is 684 g/mol. The van der Waals surface area contributed by atoms with Crippen LogP contribution in [0, 0.1) is 5.41 Å². The summed E-state index contributed by atoms with van der Waals surface area (Å²) in [5, 5.41) is 4.28. The number of rotatable bonds is 15. The zero-order valence-corrected chi connectivity index (χ0v) is 34.5. The molecule has 0 saturated heterocycles. The van der Waals surface area contributed by atoms with Crippen molar-refractivity contribution in [3.05, 3.63) is 174 Å². The molecule has 0 unspecified atom stereocenters. The molecule has 0 fully saturated rings. The standard InChI is InChI=1S/C48H58O3PSi/c1-47(2,3)53(5,6)51-38-48(4)45(36-49-34-39-22-12-7-13-23-39)41(32-33-46(48)50-35-40-24-14-8-15-25-40)37-52(42-26-16-9-17-27-42,43-28-18-10-19-29-43)44-30-20-11-21-31-44/h7-31,46H,32-38H2,1-6H3/q+1/t46-,48-/m0/s1. The van der Waals surface area contributed by atoms with Gasteiger partial charge in [-0.25, -0.2) is 0 Å². The highest BCUT2D eigenvalue weighted by Gasteiger charge is 2.51. The van der Waals surface area contributed by atoms with Crippen molar-refractivity contribution in [3.63, 3.8) is 0 Å². The molecule has 2 atom stereocenters. The molecule has 3 nitrogen and oxygen atoms in total. The summed E-state index contributed by atoms with van der Waals surface area (Å²) in [5.74, 6) is 0. The second-order valence-corrected chi connectivity index (χ2v) is 24.6. The third-order valence-corrected chi connectivity index (χ3v) is 20.6. The Kier molecular flexibility index (Phi) is 12.7. The van der Waals surface area contributed by atoms with Gasteiger partial charge in [0, 0.05) is 12.0 Å². The topological polar surface area (TPSA) is 27.7 Å². The van der Waals surface area contributed by atoms with Gasteiger partial charge in [-0.1, -0.05) is 143 Å². The van der Waals surface area contributed by atoms with Crippen LogP contribution in [0.15, 0.2) is 163 Å². The fraction of sp³-hybridized carbons (Fsp3) is 0.333. The minimum atomic E-state index is -2.15. The van der Waals surface area contributed by atoms with Gasteiger partial charge in [0.1, 0.15) is 23.2 Å². The minimum Gasteiger partial charge on any atom is -0.416 e. The van der Waals surface area contributed by atoms with Crippen LogP contribution in [0.1, 0.15) is 51.7 Å². The van der Waals surface area contributed by atoms with Crippen LogP contribution in [0.2, 0.25) is 18.1 Å². The first-order chi connectivity index (χ1) is 25.5. The zero-order chi connectivity index (χ0) is 37.4.